The summed E-state index contributed by atoms with van der Waals surface area (Å²) in [4.78, 5) is 3.82. The average Bonchev–Trinajstić information content (AvgIpc) is 2.26. The van der Waals surface area contributed by atoms with Crippen LogP contribution in [0.5, 0.6) is 0 Å². The Balaban J connectivity index is 3.19. The highest BCUT2D eigenvalue weighted by Gasteiger charge is 2.20. The van der Waals surface area contributed by atoms with Crippen LogP contribution in [0.15, 0.2) is 21.8 Å². The number of unbranched alkanes of at least 4 members (excludes halogenated alkanes) is 1. The van der Waals surface area contributed by atoms with Gasteiger partial charge in [0.25, 0.3) is 0 Å². The zero-order valence-electron chi connectivity index (χ0n) is 8.77. The topological polar surface area (TPSA) is 70.8 Å². The van der Waals surface area contributed by atoms with Gasteiger partial charge in [-0.2, -0.15) is 5.26 Å². The number of rotatable bonds is 4. The van der Waals surface area contributed by atoms with Crippen LogP contribution in [0.2, 0.25) is 0 Å². The van der Waals surface area contributed by atoms with E-state index in [-0.39, 0.29) is 16.3 Å². The van der Waals surface area contributed by atoms with Crippen LogP contribution in [0, 0.1) is 11.3 Å². The summed E-state index contributed by atoms with van der Waals surface area (Å²) in [5.41, 5.74) is 0.0884. The van der Waals surface area contributed by atoms with Gasteiger partial charge in [0.15, 0.2) is 14.9 Å². The van der Waals surface area contributed by atoms with Crippen molar-refractivity contribution in [1.82, 2.24) is 4.98 Å². The van der Waals surface area contributed by atoms with Crippen molar-refractivity contribution in [1.29, 1.82) is 5.26 Å². The van der Waals surface area contributed by atoms with Crippen LogP contribution >= 0.6 is 15.9 Å². The van der Waals surface area contributed by atoms with E-state index in [4.69, 9.17) is 5.26 Å². The molecule has 86 valence electrons. The number of hydrogen-bond donors (Lipinski definition) is 0. The SMILES string of the molecule is CCCCS(=O)(=O)c1ncc(Br)cc1C#N. The van der Waals surface area contributed by atoms with Crippen LogP contribution in [0.25, 0.3) is 0 Å². The molecule has 0 spiro atoms. The number of halogens is 1. The van der Waals surface area contributed by atoms with Crippen molar-refractivity contribution in [3.8, 4) is 6.07 Å². The van der Waals surface area contributed by atoms with E-state index in [1.807, 2.05) is 13.0 Å². The maximum atomic E-state index is 11.9. The second kappa shape index (κ2) is 5.41. The Morgan fingerprint density at radius 3 is 2.81 bits per heavy atom. The molecular formula is C10H11BrN2O2S. The zero-order valence-corrected chi connectivity index (χ0v) is 11.2. The van der Waals surface area contributed by atoms with Gasteiger partial charge in [0.1, 0.15) is 6.07 Å². The Hall–Kier alpha value is -0.930. The second-order valence-electron chi connectivity index (χ2n) is 3.29. The fraction of sp³-hybridized carbons (Fsp3) is 0.400. The average molecular weight is 303 g/mol. The second-order valence-corrected chi connectivity index (χ2v) is 6.23. The number of nitriles is 1. The number of sulfone groups is 1. The molecule has 0 fully saturated rings. The molecule has 0 saturated carbocycles. The van der Waals surface area contributed by atoms with E-state index in [2.05, 4.69) is 20.9 Å². The first-order chi connectivity index (χ1) is 7.51. The largest absolute Gasteiger partial charge is 0.242 e. The predicted molar refractivity (Wildman–Crippen MR) is 63.6 cm³/mol. The summed E-state index contributed by atoms with van der Waals surface area (Å²) in [5.74, 6) is 0.0345. The summed E-state index contributed by atoms with van der Waals surface area (Å²) in [6.45, 7) is 1.91. The van der Waals surface area contributed by atoms with Crippen molar-refractivity contribution in [3.05, 3.63) is 22.3 Å². The molecule has 6 heteroatoms. The zero-order chi connectivity index (χ0) is 12.2. The molecule has 0 N–H and O–H groups in total. The fourth-order valence-corrected chi connectivity index (χ4v) is 3.03. The molecule has 0 aromatic carbocycles. The van der Waals surface area contributed by atoms with Crippen molar-refractivity contribution in [2.45, 2.75) is 24.8 Å². The van der Waals surface area contributed by atoms with Gasteiger partial charge in [-0.1, -0.05) is 13.3 Å². The predicted octanol–water partition coefficient (Wildman–Crippen LogP) is 2.29. The van der Waals surface area contributed by atoms with Crippen molar-refractivity contribution in [2.24, 2.45) is 0 Å². The van der Waals surface area contributed by atoms with Crippen LogP contribution in [0.1, 0.15) is 25.3 Å². The summed E-state index contributed by atoms with van der Waals surface area (Å²) in [6, 6.07) is 3.31. The lowest BCUT2D eigenvalue weighted by Gasteiger charge is -2.04. The molecule has 1 rings (SSSR count). The Labute approximate surface area is 103 Å². The molecule has 0 atom stereocenters. The first-order valence-corrected chi connectivity index (χ1v) is 7.24. The first kappa shape index (κ1) is 13.1. The van der Waals surface area contributed by atoms with E-state index < -0.39 is 9.84 Å². The number of aromatic nitrogens is 1. The molecule has 0 amide bonds. The lowest BCUT2D eigenvalue weighted by atomic mass is 10.3. The van der Waals surface area contributed by atoms with Crippen LogP contribution in [0.4, 0.5) is 0 Å². The third-order valence-electron chi connectivity index (χ3n) is 2.00. The van der Waals surface area contributed by atoms with E-state index in [1.54, 1.807) is 0 Å². The number of pyridine rings is 1. The molecule has 0 unspecified atom stereocenters. The van der Waals surface area contributed by atoms with Crippen molar-refractivity contribution < 1.29 is 8.42 Å². The highest BCUT2D eigenvalue weighted by atomic mass is 79.9. The third kappa shape index (κ3) is 3.03. The molecule has 0 aliphatic rings. The van der Waals surface area contributed by atoms with Gasteiger partial charge in [-0.05, 0) is 28.4 Å². The highest BCUT2D eigenvalue weighted by Crippen LogP contribution is 2.19. The Morgan fingerprint density at radius 1 is 1.56 bits per heavy atom. The molecule has 0 aliphatic carbocycles. The Morgan fingerprint density at radius 2 is 2.25 bits per heavy atom. The first-order valence-electron chi connectivity index (χ1n) is 4.79. The molecule has 1 aromatic heterocycles. The number of nitrogens with zero attached hydrogens (tertiary/aromatic N) is 2. The highest BCUT2D eigenvalue weighted by molar-refractivity contribution is 9.10. The van der Waals surface area contributed by atoms with Crippen LogP contribution in [-0.4, -0.2) is 19.2 Å². The van der Waals surface area contributed by atoms with E-state index in [0.717, 1.165) is 6.42 Å². The quantitative estimate of drug-likeness (QED) is 0.855. The van der Waals surface area contributed by atoms with E-state index in [1.165, 1.54) is 12.3 Å². The van der Waals surface area contributed by atoms with Crippen LogP contribution < -0.4 is 0 Å². The van der Waals surface area contributed by atoms with Gasteiger partial charge in [-0.15, -0.1) is 0 Å². The Kier molecular flexibility index (Phi) is 4.44. The summed E-state index contributed by atoms with van der Waals surface area (Å²) in [6.07, 6.45) is 2.75. The summed E-state index contributed by atoms with van der Waals surface area (Å²) in [7, 11) is -3.44. The van der Waals surface area contributed by atoms with Gasteiger partial charge in [0, 0.05) is 10.7 Å². The minimum absolute atomic E-state index is 0.0345. The molecule has 16 heavy (non-hydrogen) atoms. The molecule has 0 bridgehead atoms. The van der Waals surface area contributed by atoms with E-state index >= 15 is 0 Å². The smallest absolute Gasteiger partial charge is 0.196 e. The molecule has 0 aliphatic heterocycles. The molecule has 0 saturated heterocycles. The van der Waals surface area contributed by atoms with Crippen molar-refractivity contribution in [2.75, 3.05) is 5.75 Å². The summed E-state index contributed by atoms with van der Waals surface area (Å²) >= 11 is 3.15. The van der Waals surface area contributed by atoms with Crippen LogP contribution in [-0.2, 0) is 9.84 Å². The van der Waals surface area contributed by atoms with Gasteiger partial charge < -0.3 is 0 Å². The van der Waals surface area contributed by atoms with Gasteiger partial charge in [0.2, 0.25) is 0 Å². The molecule has 1 heterocycles. The minimum atomic E-state index is -3.44. The van der Waals surface area contributed by atoms with Gasteiger partial charge >= 0.3 is 0 Å². The normalized spacial score (nSPS) is 11.1. The fourth-order valence-electron chi connectivity index (χ4n) is 1.19. The standard InChI is InChI=1S/C10H11BrN2O2S/c1-2-3-4-16(14,15)10-8(6-12)5-9(11)7-13-10/h5,7H,2-4H2,1H3. The molecule has 1 aromatic rings. The maximum absolute atomic E-state index is 11.9. The molecular weight excluding hydrogens is 292 g/mol. The maximum Gasteiger partial charge on any atom is 0.196 e. The number of hydrogen-bond acceptors (Lipinski definition) is 4. The molecule has 0 radical (unpaired) electrons. The summed E-state index contributed by atoms with van der Waals surface area (Å²) < 4.78 is 24.3. The van der Waals surface area contributed by atoms with E-state index in [0.29, 0.717) is 10.9 Å². The van der Waals surface area contributed by atoms with E-state index in [9.17, 15) is 8.42 Å². The van der Waals surface area contributed by atoms with Gasteiger partial charge in [-0.25, -0.2) is 13.4 Å². The Bertz CT molecular complexity index is 520. The van der Waals surface area contributed by atoms with Gasteiger partial charge in [0.05, 0.1) is 11.3 Å². The summed E-state index contributed by atoms with van der Waals surface area (Å²) in [5, 5.41) is 8.74. The van der Waals surface area contributed by atoms with Crippen LogP contribution in [0.3, 0.4) is 0 Å². The van der Waals surface area contributed by atoms with Crippen molar-refractivity contribution in [3.63, 3.8) is 0 Å². The monoisotopic (exact) mass is 302 g/mol. The lowest BCUT2D eigenvalue weighted by molar-refractivity contribution is 0.588. The third-order valence-corrected chi connectivity index (χ3v) is 4.17. The van der Waals surface area contributed by atoms with Crippen molar-refractivity contribution >= 4 is 25.8 Å². The minimum Gasteiger partial charge on any atom is -0.242 e. The lowest BCUT2D eigenvalue weighted by Crippen LogP contribution is -2.10. The van der Waals surface area contributed by atoms with Gasteiger partial charge in [-0.3, -0.25) is 0 Å². The molecule has 4 nitrogen and oxygen atoms in total.